The third-order valence-electron chi connectivity index (χ3n) is 2.91. The van der Waals surface area contributed by atoms with Crippen molar-refractivity contribution in [3.63, 3.8) is 0 Å². The monoisotopic (exact) mass is 256 g/mol. The third-order valence-corrected chi connectivity index (χ3v) is 2.91. The van der Waals surface area contributed by atoms with E-state index in [-0.39, 0.29) is 18.6 Å². The van der Waals surface area contributed by atoms with Gasteiger partial charge in [0, 0.05) is 0 Å². The Bertz CT molecular complexity index is 292. The highest BCUT2D eigenvalue weighted by Gasteiger charge is 2.24. The largest absolute Gasteiger partial charge is 0.389 e. The van der Waals surface area contributed by atoms with E-state index in [4.69, 9.17) is 10.5 Å². The molecule has 104 valence electrons. The number of nitrogens with two attached hydrogens (primary N) is 1. The predicted octanol–water partition coefficient (Wildman–Crippen LogP) is 0.182. The van der Waals surface area contributed by atoms with Crippen LogP contribution in [0.3, 0.4) is 0 Å². The van der Waals surface area contributed by atoms with E-state index in [0.717, 1.165) is 0 Å². The standard InChI is InChI=1S/C13H24N2O3/c1-9(2)7-10(14)13(17)15-11-5-3-4-6-18-8-12(11)16/h3-4,9-12,16H,5-8,14H2,1-2H3,(H,15,17)/b4-3-. The summed E-state index contributed by atoms with van der Waals surface area (Å²) in [6.45, 7) is 4.78. The average molecular weight is 256 g/mol. The van der Waals surface area contributed by atoms with Crippen molar-refractivity contribution in [2.24, 2.45) is 11.7 Å². The molecule has 5 nitrogen and oxygen atoms in total. The molecule has 18 heavy (non-hydrogen) atoms. The maximum atomic E-state index is 11.9. The van der Waals surface area contributed by atoms with Crippen LogP contribution in [0.5, 0.6) is 0 Å². The molecule has 1 amide bonds. The van der Waals surface area contributed by atoms with Crippen molar-refractivity contribution in [1.82, 2.24) is 5.32 Å². The number of aliphatic hydroxyl groups excluding tert-OH is 1. The second-order valence-corrected chi connectivity index (χ2v) is 5.16. The molecule has 1 aliphatic heterocycles. The highest BCUT2D eigenvalue weighted by atomic mass is 16.5. The first-order valence-corrected chi connectivity index (χ1v) is 6.47. The molecule has 4 N–H and O–H groups in total. The van der Waals surface area contributed by atoms with Crippen molar-refractivity contribution < 1.29 is 14.6 Å². The number of rotatable bonds is 4. The maximum Gasteiger partial charge on any atom is 0.237 e. The molecular weight excluding hydrogens is 232 g/mol. The SMILES string of the molecule is CC(C)CC(N)C(=O)NC1C/C=C\COCC1O. The van der Waals surface area contributed by atoms with Crippen molar-refractivity contribution in [1.29, 1.82) is 0 Å². The molecule has 0 aromatic heterocycles. The number of carbonyl (C=O) groups excluding carboxylic acids is 1. The molecule has 1 heterocycles. The Morgan fingerprint density at radius 3 is 2.94 bits per heavy atom. The summed E-state index contributed by atoms with van der Waals surface area (Å²) in [5, 5.41) is 12.7. The molecule has 3 atom stereocenters. The lowest BCUT2D eigenvalue weighted by molar-refractivity contribution is -0.124. The molecule has 0 bridgehead atoms. The van der Waals surface area contributed by atoms with Crippen LogP contribution in [0.15, 0.2) is 12.2 Å². The van der Waals surface area contributed by atoms with Crippen molar-refractivity contribution >= 4 is 5.91 Å². The maximum absolute atomic E-state index is 11.9. The van der Waals surface area contributed by atoms with Gasteiger partial charge in [-0.3, -0.25) is 4.79 Å². The Hall–Kier alpha value is -0.910. The van der Waals surface area contributed by atoms with Crippen molar-refractivity contribution in [3.05, 3.63) is 12.2 Å². The van der Waals surface area contributed by atoms with E-state index in [1.165, 1.54) is 0 Å². The fourth-order valence-electron chi connectivity index (χ4n) is 1.90. The fourth-order valence-corrected chi connectivity index (χ4v) is 1.90. The zero-order chi connectivity index (χ0) is 13.5. The molecular formula is C13H24N2O3. The van der Waals surface area contributed by atoms with Crippen LogP contribution >= 0.6 is 0 Å². The summed E-state index contributed by atoms with van der Waals surface area (Å²) < 4.78 is 5.20. The summed E-state index contributed by atoms with van der Waals surface area (Å²) in [4.78, 5) is 11.9. The number of hydrogen-bond acceptors (Lipinski definition) is 4. The van der Waals surface area contributed by atoms with Crippen LogP contribution in [0.25, 0.3) is 0 Å². The molecule has 0 aromatic carbocycles. The van der Waals surface area contributed by atoms with Gasteiger partial charge >= 0.3 is 0 Å². The quantitative estimate of drug-likeness (QED) is 0.627. The zero-order valence-corrected chi connectivity index (χ0v) is 11.1. The van der Waals surface area contributed by atoms with Crippen LogP contribution in [0.1, 0.15) is 26.7 Å². The van der Waals surface area contributed by atoms with E-state index < -0.39 is 12.1 Å². The molecule has 0 saturated carbocycles. The Kier molecular flexibility index (Phi) is 6.32. The first-order chi connectivity index (χ1) is 8.50. The molecule has 3 unspecified atom stereocenters. The summed E-state index contributed by atoms with van der Waals surface area (Å²) in [5.74, 6) is 0.165. The number of nitrogens with one attached hydrogen (secondary N) is 1. The van der Waals surface area contributed by atoms with E-state index in [1.54, 1.807) is 0 Å². The molecule has 0 aliphatic carbocycles. The van der Waals surface area contributed by atoms with E-state index in [1.807, 2.05) is 26.0 Å². The first kappa shape index (κ1) is 15.1. The molecule has 0 saturated heterocycles. The van der Waals surface area contributed by atoms with Gasteiger partial charge in [0.25, 0.3) is 0 Å². The van der Waals surface area contributed by atoms with Crippen LogP contribution in [0, 0.1) is 5.92 Å². The highest BCUT2D eigenvalue weighted by molar-refractivity contribution is 5.81. The van der Waals surface area contributed by atoms with Gasteiger partial charge in [-0.15, -0.1) is 0 Å². The minimum Gasteiger partial charge on any atom is -0.389 e. The van der Waals surface area contributed by atoms with Gasteiger partial charge in [-0.2, -0.15) is 0 Å². The second kappa shape index (κ2) is 7.51. The smallest absolute Gasteiger partial charge is 0.237 e. The summed E-state index contributed by atoms with van der Waals surface area (Å²) in [7, 11) is 0. The summed E-state index contributed by atoms with van der Waals surface area (Å²) in [5.41, 5.74) is 5.81. The predicted molar refractivity (Wildman–Crippen MR) is 69.9 cm³/mol. The third kappa shape index (κ3) is 5.16. The van der Waals surface area contributed by atoms with E-state index in [9.17, 15) is 9.90 Å². The lowest BCUT2D eigenvalue weighted by Gasteiger charge is -2.26. The Labute approximate surface area is 108 Å². The summed E-state index contributed by atoms with van der Waals surface area (Å²) >= 11 is 0. The van der Waals surface area contributed by atoms with E-state index in [2.05, 4.69) is 5.32 Å². The Morgan fingerprint density at radius 2 is 2.28 bits per heavy atom. The zero-order valence-electron chi connectivity index (χ0n) is 11.1. The van der Waals surface area contributed by atoms with Gasteiger partial charge in [0.05, 0.1) is 31.4 Å². The fraction of sp³-hybridized carbons (Fsp3) is 0.769. The van der Waals surface area contributed by atoms with Crippen LogP contribution in [0.2, 0.25) is 0 Å². The minimum absolute atomic E-state index is 0.207. The number of hydrogen-bond donors (Lipinski definition) is 3. The van der Waals surface area contributed by atoms with E-state index >= 15 is 0 Å². The molecule has 1 aliphatic rings. The van der Waals surface area contributed by atoms with Crippen molar-refractivity contribution in [2.75, 3.05) is 13.2 Å². The molecule has 0 aromatic rings. The van der Waals surface area contributed by atoms with Gasteiger partial charge in [0.15, 0.2) is 0 Å². The number of carbonyl (C=O) groups is 1. The normalized spacial score (nSPS) is 28.3. The van der Waals surface area contributed by atoms with Crippen molar-refractivity contribution in [2.45, 2.75) is 44.9 Å². The topological polar surface area (TPSA) is 84.6 Å². The van der Waals surface area contributed by atoms with Gasteiger partial charge in [0.1, 0.15) is 0 Å². The number of amides is 1. The van der Waals surface area contributed by atoms with Crippen LogP contribution < -0.4 is 11.1 Å². The van der Waals surface area contributed by atoms with Crippen LogP contribution in [-0.2, 0) is 9.53 Å². The van der Waals surface area contributed by atoms with Gasteiger partial charge in [-0.1, -0.05) is 26.0 Å². The summed E-state index contributed by atoms with van der Waals surface area (Å²) in [6, 6.07) is -0.847. The van der Waals surface area contributed by atoms with Gasteiger partial charge in [0.2, 0.25) is 5.91 Å². The second-order valence-electron chi connectivity index (χ2n) is 5.16. The Morgan fingerprint density at radius 1 is 1.56 bits per heavy atom. The average Bonchev–Trinajstić information content (AvgIpc) is 2.27. The van der Waals surface area contributed by atoms with Crippen LogP contribution in [0.4, 0.5) is 0 Å². The number of ether oxygens (including phenoxy) is 1. The minimum atomic E-state index is -0.690. The van der Waals surface area contributed by atoms with Crippen LogP contribution in [-0.4, -0.2) is 42.4 Å². The van der Waals surface area contributed by atoms with Crippen molar-refractivity contribution in [3.8, 4) is 0 Å². The van der Waals surface area contributed by atoms with Gasteiger partial charge in [-0.25, -0.2) is 0 Å². The lowest BCUT2D eigenvalue weighted by atomic mass is 10.0. The Balaban J connectivity index is 2.50. The van der Waals surface area contributed by atoms with Gasteiger partial charge < -0.3 is 20.9 Å². The van der Waals surface area contributed by atoms with Gasteiger partial charge in [-0.05, 0) is 18.8 Å². The molecule has 5 heteroatoms. The molecule has 0 fully saturated rings. The molecule has 0 spiro atoms. The highest BCUT2D eigenvalue weighted by Crippen LogP contribution is 2.07. The lowest BCUT2D eigenvalue weighted by Crippen LogP contribution is -2.51. The molecule has 0 radical (unpaired) electrons. The summed E-state index contributed by atoms with van der Waals surface area (Å²) in [6.07, 6.45) is 4.34. The first-order valence-electron chi connectivity index (χ1n) is 6.47. The number of aliphatic hydroxyl groups is 1. The molecule has 1 rings (SSSR count). The van der Waals surface area contributed by atoms with E-state index in [0.29, 0.717) is 25.4 Å².